The lowest BCUT2D eigenvalue weighted by molar-refractivity contribution is -0.160. The Labute approximate surface area is 318 Å². The van der Waals surface area contributed by atoms with Crippen LogP contribution in [0.4, 0.5) is 0 Å². The summed E-state index contributed by atoms with van der Waals surface area (Å²) in [5, 5.41) is 54.2. The Bertz CT molecular complexity index is 1780. The minimum Gasteiger partial charge on any atom is -0.490 e. The summed E-state index contributed by atoms with van der Waals surface area (Å²) in [6, 6.07) is 14.4. The Balaban J connectivity index is 1.09. The highest BCUT2D eigenvalue weighted by Crippen LogP contribution is 2.50. The summed E-state index contributed by atoms with van der Waals surface area (Å²) >= 11 is 0. The quantitative estimate of drug-likeness (QED) is 0.132. The van der Waals surface area contributed by atoms with Crippen molar-refractivity contribution in [2.45, 2.75) is 120 Å². The van der Waals surface area contributed by atoms with Crippen LogP contribution in [0.2, 0.25) is 0 Å². The van der Waals surface area contributed by atoms with Crippen molar-refractivity contribution in [1.29, 1.82) is 0 Å². The van der Waals surface area contributed by atoms with Crippen LogP contribution in [-0.4, -0.2) is 124 Å². The summed E-state index contributed by atoms with van der Waals surface area (Å²) in [5.74, 6) is 0.290. The molecule has 6 rings (SSSR count). The molecule has 2 heterocycles. The largest absolute Gasteiger partial charge is 0.490 e. The topological polar surface area (TPSA) is 189 Å². The van der Waals surface area contributed by atoms with Crippen LogP contribution in [0.15, 0.2) is 53.5 Å². The van der Waals surface area contributed by atoms with E-state index in [1.54, 1.807) is 0 Å². The molecule has 2 aromatic rings. The van der Waals surface area contributed by atoms with Gasteiger partial charge in [0, 0.05) is 48.9 Å². The molecule has 1 amide bonds. The third-order valence-corrected chi connectivity index (χ3v) is 13.6. The number of rotatable bonds is 18. The molecule has 0 bridgehead atoms. The number of nitrogens with zero attached hydrogens (tertiary/aromatic N) is 2. The van der Waals surface area contributed by atoms with E-state index < -0.39 is 52.8 Å². The molecule has 1 saturated heterocycles. The molecule has 6 N–H and O–H groups in total. The fourth-order valence-electron chi connectivity index (χ4n) is 7.91. The average Bonchev–Trinajstić information content (AvgIpc) is 4.13. The lowest BCUT2D eigenvalue weighted by Crippen LogP contribution is -2.55. The molecule has 296 valence electrons. The highest BCUT2D eigenvalue weighted by Gasteiger charge is 2.51. The van der Waals surface area contributed by atoms with Gasteiger partial charge in [0.2, 0.25) is 0 Å². The lowest BCUT2D eigenvalue weighted by Gasteiger charge is -2.37. The smallest absolute Gasteiger partial charge is 0.254 e. The van der Waals surface area contributed by atoms with E-state index in [0.29, 0.717) is 25.5 Å². The molecule has 13 heteroatoms. The van der Waals surface area contributed by atoms with Crippen molar-refractivity contribution in [2.75, 3.05) is 31.2 Å². The van der Waals surface area contributed by atoms with E-state index in [0.717, 1.165) is 49.1 Å². The van der Waals surface area contributed by atoms with Crippen LogP contribution in [0.3, 0.4) is 0 Å². The maximum atomic E-state index is 13.5. The number of allylic oxidation sites excluding steroid dienone is 1. The van der Waals surface area contributed by atoms with Crippen molar-refractivity contribution < 1.29 is 43.5 Å². The van der Waals surface area contributed by atoms with Gasteiger partial charge >= 0.3 is 0 Å². The van der Waals surface area contributed by atoms with Crippen LogP contribution in [0, 0.1) is 12.8 Å². The third kappa shape index (κ3) is 9.61. The van der Waals surface area contributed by atoms with Gasteiger partial charge in [-0.1, -0.05) is 43.3 Å². The number of carbonyl (C=O) groups excluding carboxylic acids is 1. The number of aryl methyl sites for hydroxylation is 1. The monoisotopic (exact) mass is 767 g/mol. The molecule has 4 aliphatic rings. The van der Waals surface area contributed by atoms with Crippen molar-refractivity contribution in [3.8, 4) is 5.75 Å². The number of hydrogen-bond donors (Lipinski definition) is 6. The van der Waals surface area contributed by atoms with Gasteiger partial charge in [0.1, 0.15) is 33.9 Å². The predicted molar refractivity (Wildman–Crippen MR) is 207 cm³/mol. The summed E-state index contributed by atoms with van der Waals surface area (Å²) in [6.45, 7) is 5.05. The molecule has 2 aliphatic heterocycles. The van der Waals surface area contributed by atoms with Gasteiger partial charge in [-0.05, 0) is 98.6 Å². The molecule has 0 aromatic heterocycles. The third-order valence-electron chi connectivity index (χ3n) is 11.9. The van der Waals surface area contributed by atoms with Crippen molar-refractivity contribution >= 4 is 27.5 Å². The molecule has 2 unspecified atom stereocenters. The van der Waals surface area contributed by atoms with Crippen LogP contribution in [0.1, 0.15) is 86.5 Å². The number of hydrogen-bond acceptors (Lipinski definition) is 11. The fraction of sp³-hybridized carbons (Fsp3) is 0.610. The number of benzene rings is 2. The maximum absolute atomic E-state index is 13.5. The highest BCUT2D eigenvalue weighted by atomic mass is 32.2. The van der Waals surface area contributed by atoms with Crippen LogP contribution in [0.5, 0.6) is 5.75 Å². The average molecular weight is 768 g/mol. The first-order valence-corrected chi connectivity index (χ1v) is 21.3. The van der Waals surface area contributed by atoms with Gasteiger partial charge in [-0.15, -0.1) is 0 Å². The number of aliphatic imine (C=N–C) groups is 1. The molecule has 6 atom stereocenters. The standard InChI is InChI=1S/C41H57N3O9S/c1-26(6-5-19-44(30-14-20-54(51,52)21-15-30)40(50)39(49)38(48)37(47)35(46)25-45)28-10-9-27(2)29(22-28)23-43-41(16-17-41)34-24-42-18-13-32(34)33-7-3-4-8-36(33)53-31-11-12-31/h3-4,7-10,13,18,22,26,30-31,34-35,37-39,43,45-49H,5-6,11-12,14-17,19-21,23-25H2,1-2H3/t26?,34?,35-,37+,38-,39-/m0/s1. The van der Waals surface area contributed by atoms with Gasteiger partial charge < -0.3 is 40.5 Å². The van der Waals surface area contributed by atoms with Crippen molar-refractivity contribution in [3.63, 3.8) is 0 Å². The zero-order chi connectivity index (χ0) is 38.6. The first kappa shape index (κ1) is 40.5. The predicted octanol–water partition coefficient (Wildman–Crippen LogP) is 2.67. The van der Waals surface area contributed by atoms with E-state index >= 15 is 0 Å². The second kappa shape index (κ2) is 17.3. The van der Waals surface area contributed by atoms with Crippen molar-refractivity contribution in [1.82, 2.24) is 10.2 Å². The van der Waals surface area contributed by atoms with Crippen LogP contribution in [0.25, 0.3) is 5.57 Å². The minimum absolute atomic E-state index is 0.0524. The number of amides is 1. The molecule has 0 spiro atoms. The molecule has 54 heavy (non-hydrogen) atoms. The van der Waals surface area contributed by atoms with E-state index in [4.69, 9.17) is 9.84 Å². The van der Waals surface area contributed by atoms with E-state index in [9.17, 15) is 33.6 Å². The summed E-state index contributed by atoms with van der Waals surface area (Å²) in [4.78, 5) is 19.6. The Morgan fingerprint density at radius 1 is 1.04 bits per heavy atom. The van der Waals surface area contributed by atoms with E-state index in [2.05, 4.69) is 66.6 Å². The number of para-hydroxylation sites is 1. The molecule has 12 nitrogen and oxygen atoms in total. The van der Waals surface area contributed by atoms with Gasteiger partial charge in [0.15, 0.2) is 6.10 Å². The molecular weight excluding hydrogens is 711 g/mol. The summed E-state index contributed by atoms with van der Waals surface area (Å²) < 4.78 is 30.6. The van der Waals surface area contributed by atoms with Gasteiger partial charge in [0.25, 0.3) is 5.91 Å². The Morgan fingerprint density at radius 3 is 2.44 bits per heavy atom. The molecule has 2 aromatic carbocycles. The van der Waals surface area contributed by atoms with E-state index in [1.165, 1.54) is 21.6 Å². The number of nitrogens with one attached hydrogen (secondary N) is 1. The van der Waals surface area contributed by atoms with Gasteiger partial charge in [0.05, 0.1) is 24.2 Å². The van der Waals surface area contributed by atoms with Crippen molar-refractivity contribution in [2.24, 2.45) is 10.9 Å². The van der Waals surface area contributed by atoms with E-state index in [1.807, 2.05) is 12.3 Å². The summed E-state index contributed by atoms with van der Waals surface area (Å²) in [6.07, 6.45) is 2.61. The van der Waals surface area contributed by atoms with Gasteiger partial charge in [-0.2, -0.15) is 0 Å². The lowest BCUT2D eigenvalue weighted by atomic mass is 9.82. The zero-order valence-electron chi connectivity index (χ0n) is 31.4. The first-order chi connectivity index (χ1) is 25.8. The second-order valence-electron chi connectivity index (χ2n) is 15.8. The Morgan fingerprint density at radius 2 is 1.76 bits per heavy atom. The van der Waals surface area contributed by atoms with Gasteiger partial charge in [-0.3, -0.25) is 9.79 Å². The molecular formula is C41H57N3O9S. The number of dihydropyridines is 1. The zero-order valence-corrected chi connectivity index (χ0v) is 32.2. The molecule has 2 saturated carbocycles. The van der Waals surface area contributed by atoms with Gasteiger partial charge in [-0.25, -0.2) is 8.42 Å². The summed E-state index contributed by atoms with van der Waals surface area (Å²) in [5.41, 5.74) is 5.94. The molecule has 2 aliphatic carbocycles. The summed E-state index contributed by atoms with van der Waals surface area (Å²) in [7, 11) is -3.22. The second-order valence-corrected chi connectivity index (χ2v) is 18.1. The molecule has 0 radical (unpaired) electrons. The Hall–Kier alpha value is -3.17. The maximum Gasteiger partial charge on any atom is 0.254 e. The highest BCUT2D eigenvalue weighted by molar-refractivity contribution is 7.91. The Kier molecular flexibility index (Phi) is 13.0. The fourth-order valence-corrected chi connectivity index (χ4v) is 9.38. The number of aliphatic hydroxyl groups excluding tert-OH is 5. The van der Waals surface area contributed by atoms with Crippen LogP contribution < -0.4 is 10.1 Å². The SMILES string of the molecule is Cc1ccc(C(C)CCCN(C(=O)[C@@H](O)[C@@H](O)[C@H](O)[C@@H](O)CO)C2CCS(=O)(=O)CC2)cc1CNC1(C2CN=CC=C2c2ccccc2OC2CC2)CC1. The van der Waals surface area contributed by atoms with E-state index in [-0.39, 0.29) is 48.3 Å². The number of sulfone groups is 1. The number of ether oxygens (including phenoxy) is 1. The van der Waals surface area contributed by atoms with Crippen molar-refractivity contribution in [3.05, 3.63) is 70.8 Å². The first-order valence-electron chi connectivity index (χ1n) is 19.5. The normalized spacial score (nSPS) is 23.5. The number of aliphatic hydroxyl groups is 5. The van der Waals surface area contributed by atoms with Crippen LogP contribution in [-0.2, 0) is 21.2 Å². The number of carbonyl (C=O) groups is 1. The minimum atomic E-state index is -3.22. The molecule has 3 fully saturated rings. The van der Waals surface area contributed by atoms with Crippen LogP contribution >= 0.6 is 0 Å².